The lowest BCUT2D eigenvalue weighted by atomic mass is 10.0. The number of halogens is 3. The second-order valence-electron chi connectivity index (χ2n) is 10.0. The van der Waals surface area contributed by atoms with E-state index in [4.69, 9.17) is 5.10 Å². The molecule has 9 nitrogen and oxygen atoms in total. The van der Waals surface area contributed by atoms with Crippen molar-refractivity contribution in [3.8, 4) is 33.8 Å². The van der Waals surface area contributed by atoms with Crippen LogP contribution in [0.1, 0.15) is 28.2 Å². The fourth-order valence-electron chi connectivity index (χ4n) is 4.47. The molecule has 0 aliphatic carbocycles. The van der Waals surface area contributed by atoms with Crippen LogP contribution in [0.5, 0.6) is 0 Å². The van der Waals surface area contributed by atoms with Crippen molar-refractivity contribution >= 4 is 11.8 Å². The lowest BCUT2D eigenvalue weighted by Gasteiger charge is -2.10. The van der Waals surface area contributed by atoms with Crippen molar-refractivity contribution in [2.24, 2.45) is 0 Å². The van der Waals surface area contributed by atoms with Gasteiger partial charge in [0, 0.05) is 39.5 Å². The van der Waals surface area contributed by atoms with E-state index < -0.39 is 11.7 Å². The molecule has 0 spiro atoms. The zero-order valence-electron chi connectivity index (χ0n) is 23.6. The summed E-state index contributed by atoms with van der Waals surface area (Å²) in [7, 11) is 4.87. The highest BCUT2D eigenvalue weighted by molar-refractivity contribution is 5.91. The maximum atomic E-state index is 13.0. The zero-order valence-corrected chi connectivity index (χ0v) is 23.6. The lowest BCUT2D eigenvalue weighted by molar-refractivity contribution is -0.137. The number of rotatable bonds is 8. The lowest BCUT2D eigenvalue weighted by Crippen LogP contribution is -2.21. The molecule has 0 unspecified atom stereocenters. The number of carbonyl (C=O) groups excluding carboxylic acids is 2. The molecule has 3 aromatic carbocycles. The van der Waals surface area contributed by atoms with Gasteiger partial charge in [0.1, 0.15) is 0 Å². The molecule has 5 aromatic rings. The Hall–Kier alpha value is -5.26. The second kappa shape index (κ2) is 11.9. The van der Waals surface area contributed by atoms with Gasteiger partial charge in [-0.2, -0.15) is 18.3 Å². The van der Waals surface area contributed by atoms with Crippen LogP contribution in [-0.4, -0.2) is 62.6 Å². The number of aromatic nitrogens is 5. The van der Waals surface area contributed by atoms with E-state index in [1.165, 1.54) is 21.7 Å². The number of aryl methyl sites for hydroxylation is 1. The normalized spacial score (nSPS) is 11.4. The second-order valence-corrected chi connectivity index (χ2v) is 10.0. The van der Waals surface area contributed by atoms with Crippen molar-refractivity contribution in [3.05, 3.63) is 102 Å². The van der Waals surface area contributed by atoms with Gasteiger partial charge in [0.25, 0.3) is 5.91 Å². The fourth-order valence-corrected chi connectivity index (χ4v) is 4.47. The summed E-state index contributed by atoms with van der Waals surface area (Å²) < 4.78 is 42.2. The van der Waals surface area contributed by atoms with E-state index in [0.717, 1.165) is 40.3 Å². The van der Waals surface area contributed by atoms with E-state index in [1.54, 1.807) is 32.0 Å². The highest BCUT2D eigenvalue weighted by Gasteiger charge is 2.30. The third-order valence-corrected chi connectivity index (χ3v) is 6.85. The van der Waals surface area contributed by atoms with E-state index >= 15 is 0 Å². The van der Waals surface area contributed by atoms with Gasteiger partial charge >= 0.3 is 6.18 Å². The first-order valence-corrected chi connectivity index (χ1v) is 13.4. The minimum atomic E-state index is -4.39. The Balaban J connectivity index is 1.45. The van der Waals surface area contributed by atoms with Crippen LogP contribution in [0, 0.1) is 0 Å². The van der Waals surface area contributed by atoms with Gasteiger partial charge in [-0.05, 0) is 53.6 Å². The van der Waals surface area contributed by atoms with Crippen molar-refractivity contribution < 1.29 is 22.8 Å². The molecule has 0 fully saturated rings. The molecule has 0 saturated heterocycles. The average molecular weight is 588 g/mol. The fraction of sp³-hybridized carbons (Fsp3) is 0.194. The van der Waals surface area contributed by atoms with Gasteiger partial charge in [0.15, 0.2) is 5.69 Å². The summed E-state index contributed by atoms with van der Waals surface area (Å²) >= 11 is 0. The summed E-state index contributed by atoms with van der Waals surface area (Å²) in [6.45, 7) is 0. The van der Waals surface area contributed by atoms with Crippen molar-refractivity contribution in [3.63, 3.8) is 0 Å². The van der Waals surface area contributed by atoms with E-state index in [0.29, 0.717) is 17.7 Å². The number of nitrogens with one attached hydrogen (secondary N) is 1. The van der Waals surface area contributed by atoms with E-state index in [-0.39, 0.29) is 23.9 Å². The number of amides is 2. The number of hydrogen-bond acceptors (Lipinski definition) is 5. The van der Waals surface area contributed by atoms with Gasteiger partial charge in [-0.25, -0.2) is 9.36 Å². The summed E-state index contributed by atoms with van der Waals surface area (Å²) in [5.74, 6) is -0.348. The van der Waals surface area contributed by atoms with Crippen molar-refractivity contribution in [1.29, 1.82) is 0 Å². The third kappa shape index (κ3) is 6.48. The van der Waals surface area contributed by atoms with Gasteiger partial charge < -0.3 is 10.2 Å². The molecule has 2 amide bonds. The van der Waals surface area contributed by atoms with Crippen LogP contribution in [0.15, 0.2) is 85.1 Å². The molecule has 0 aliphatic rings. The quantitative estimate of drug-likeness (QED) is 0.270. The summed E-state index contributed by atoms with van der Waals surface area (Å²) in [5, 5.41) is 15.4. The van der Waals surface area contributed by atoms with Crippen LogP contribution in [0.2, 0.25) is 0 Å². The summed E-state index contributed by atoms with van der Waals surface area (Å²) in [6.07, 6.45) is -2.12. The molecule has 220 valence electrons. The summed E-state index contributed by atoms with van der Waals surface area (Å²) in [5.41, 5.74) is 4.75. The number of alkyl halides is 3. The largest absolute Gasteiger partial charge is 0.416 e. The van der Waals surface area contributed by atoms with Gasteiger partial charge in [-0.15, -0.1) is 5.10 Å². The molecule has 0 aliphatic heterocycles. The molecule has 5 rings (SSSR count). The van der Waals surface area contributed by atoms with Crippen LogP contribution in [-0.2, 0) is 17.4 Å². The highest BCUT2D eigenvalue weighted by Crippen LogP contribution is 2.32. The minimum Gasteiger partial charge on any atom is -0.359 e. The molecule has 1 N–H and O–H groups in total. The van der Waals surface area contributed by atoms with Crippen LogP contribution in [0.3, 0.4) is 0 Å². The number of carbonyl (C=O) groups is 2. The van der Waals surface area contributed by atoms with Gasteiger partial charge in [0.2, 0.25) is 5.91 Å². The molecule has 43 heavy (non-hydrogen) atoms. The molecular weight excluding hydrogens is 559 g/mol. The van der Waals surface area contributed by atoms with Crippen LogP contribution in [0.25, 0.3) is 33.8 Å². The van der Waals surface area contributed by atoms with Crippen LogP contribution in [0.4, 0.5) is 13.2 Å². The van der Waals surface area contributed by atoms with Crippen molar-refractivity contribution in [2.45, 2.75) is 19.0 Å². The molecule has 0 radical (unpaired) electrons. The van der Waals surface area contributed by atoms with Crippen LogP contribution < -0.4 is 5.32 Å². The maximum absolute atomic E-state index is 13.0. The molecule has 2 aromatic heterocycles. The SMILES string of the molecule is CNC(=O)CCc1cc(-c2ccc(-c3ccc(C(F)(F)F)cc3)cc2)n(-c2ccc(-n3cc(C(=O)N(C)C)nn3)cc2)n1. The van der Waals surface area contributed by atoms with Crippen LogP contribution >= 0.6 is 0 Å². The molecule has 12 heteroatoms. The van der Waals surface area contributed by atoms with E-state index in [1.807, 2.05) is 54.6 Å². The monoisotopic (exact) mass is 587 g/mol. The zero-order chi connectivity index (χ0) is 30.7. The first-order chi connectivity index (χ1) is 20.5. The summed E-state index contributed by atoms with van der Waals surface area (Å²) in [6, 6.07) is 21.8. The predicted octanol–water partition coefficient (Wildman–Crippen LogP) is 5.19. The topological polar surface area (TPSA) is 97.9 Å². The van der Waals surface area contributed by atoms with Crippen molar-refractivity contribution in [2.75, 3.05) is 21.1 Å². The summed E-state index contributed by atoms with van der Waals surface area (Å²) in [4.78, 5) is 25.5. The minimum absolute atomic E-state index is 0.0960. The van der Waals surface area contributed by atoms with Crippen molar-refractivity contribution in [1.82, 2.24) is 35.0 Å². The first kappa shape index (κ1) is 29.2. The first-order valence-electron chi connectivity index (χ1n) is 13.4. The Morgan fingerprint density at radius 2 is 1.44 bits per heavy atom. The number of benzene rings is 3. The Labute approximate surface area is 245 Å². The van der Waals surface area contributed by atoms with Gasteiger partial charge in [-0.3, -0.25) is 9.59 Å². The van der Waals surface area contributed by atoms with E-state index in [2.05, 4.69) is 15.6 Å². The Bertz CT molecular complexity index is 1740. The Morgan fingerprint density at radius 3 is 2.02 bits per heavy atom. The Kier molecular flexibility index (Phi) is 8.11. The maximum Gasteiger partial charge on any atom is 0.416 e. The molecule has 0 bridgehead atoms. The average Bonchev–Trinajstić information content (AvgIpc) is 3.67. The third-order valence-electron chi connectivity index (χ3n) is 6.85. The predicted molar refractivity (Wildman–Crippen MR) is 155 cm³/mol. The Morgan fingerprint density at radius 1 is 0.860 bits per heavy atom. The number of hydrogen-bond donors (Lipinski definition) is 1. The molecule has 2 heterocycles. The molecular formula is C31H28F3N7O2. The smallest absolute Gasteiger partial charge is 0.359 e. The standard InChI is InChI=1S/C31H28F3N7O2/c1-35-29(42)17-12-24-18-28(22-6-4-20(5-7-22)21-8-10-23(11-9-21)31(32,33)34)41(37-24)26-15-13-25(14-16-26)40-19-27(36-38-40)30(43)39(2)3/h4-11,13-16,18-19H,12,17H2,1-3H3,(H,35,42). The van der Waals surface area contributed by atoms with E-state index in [9.17, 15) is 22.8 Å². The van der Waals surface area contributed by atoms with Gasteiger partial charge in [0.05, 0.1) is 34.5 Å². The molecule has 0 saturated carbocycles. The van der Waals surface area contributed by atoms with Gasteiger partial charge in [-0.1, -0.05) is 41.6 Å². The molecule has 0 atom stereocenters. The number of nitrogens with zero attached hydrogens (tertiary/aromatic N) is 6. The highest BCUT2D eigenvalue weighted by atomic mass is 19.4.